The van der Waals surface area contributed by atoms with Gasteiger partial charge in [0, 0.05) is 5.56 Å². The van der Waals surface area contributed by atoms with Gasteiger partial charge in [-0.15, -0.1) is 6.58 Å². The second-order valence-electron chi connectivity index (χ2n) is 3.32. The highest BCUT2D eigenvalue weighted by Crippen LogP contribution is 2.12. The number of methoxy groups -OCH3 is 2. The minimum Gasteiger partial charge on any atom is -0.497 e. The van der Waals surface area contributed by atoms with Crippen LogP contribution >= 0.6 is 0 Å². The van der Waals surface area contributed by atoms with E-state index in [2.05, 4.69) is 16.9 Å². The Bertz CT molecular complexity index is 455. The van der Waals surface area contributed by atoms with Gasteiger partial charge >= 0.3 is 0 Å². The van der Waals surface area contributed by atoms with Crippen molar-refractivity contribution in [3.8, 4) is 5.75 Å². The highest BCUT2D eigenvalue weighted by molar-refractivity contribution is 6.04. The molecule has 0 unspecified atom stereocenters. The van der Waals surface area contributed by atoms with Gasteiger partial charge in [-0.25, -0.2) is 4.99 Å². The summed E-state index contributed by atoms with van der Waals surface area (Å²) < 4.78 is 9.99. The first-order valence-corrected chi connectivity index (χ1v) is 5.36. The van der Waals surface area contributed by atoms with Crippen LogP contribution in [0, 0.1) is 0 Å². The number of amides is 1. The van der Waals surface area contributed by atoms with Crippen LogP contribution in [-0.4, -0.2) is 32.7 Å². The van der Waals surface area contributed by atoms with Gasteiger partial charge < -0.3 is 9.47 Å². The molecule has 18 heavy (non-hydrogen) atoms. The van der Waals surface area contributed by atoms with Gasteiger partial charge in [0.25, 0.3) is 11.9 Å². The monoisotopic (exact) mass is 248 g/mol. The van der Waals surface area contributed by atoms with Crippen molar-refractivity contribution in [1.29, 1.82) is 0 Å². The minimum atomic E-state index is -0.307. The van der Waals surface area contributed by atoms with E-state index in [0.717, 1.165) is 0 Å². The number of amidine groups is 1. The van der Waals surface area contributed by atoms with E-state index in [-0.39, 0.29) is 11.9 Å². The molecule has 1 N–H and O–H groups in total. The van der Waals surface area contributed by atoms with E-state index in [1.54, 1.807) is 37.5 Å². The molecule has 0 spiro atoms. The van der Waals surface area contributed by atoms with Gasteiger partial charge in [0.15, 0.2) is 0 Å². The van der Waals surface area contributed by atoms with Crippen LogP contribution < -0.4 is 10.1 Å². The molecule has 0 fully saturated rings. The van der Waals surface area contributed by atoms with E-state index in [4.69, 9.17) is 9.47 Å². The molecule has 96 valence electrons. The van der Waals surface area contributed by atoms with Crippen molar-refractivity contribution in [3.63, 3.8) is 0 Å². The van der Waals surface area contributed by atoms with Gasteiger partial charge in [0.1, 0.15) is 5.75 Å². The predicted octanol–water partition coefficient (Wildman–Crippen LogP) is 1.61. The Morgan fingerprint density at radius 2 is 2.28 bits per heavy atom. The molecule has 5 nitrogen and oxygen atoms in total. The minimum absolute atomic E-state index is 0.155. The molecule has 1 aromatic carbocycles. The number of hydrogen-bond acceptors (Lipinski definition) is 4. The summed E-state index contributed by atoms with van der Waals surface area (Å²) in [5.41, 5.74) is 0.470. The molecule has 0 radical (unpaired) electrons. The molecule has 1 rings (SSSR count). The second-order valence-corrected chi connectivity index (χ2v) is 3.32. The standard InChI is InChI=1S/C13H16N2O3/c1-4-8-14-13(18-3)15-12(16)10-6-5-7-11(9-10)17-2/h4-7,9H,1,8H2,2-3H3,(H,14,15,16). The smallest absolute Gasteiger partial charge is 0.291 e. The lowest BCUT2D eigenvalue weighted by molar-refractivity contribution is 0.0968. The molecule has 0 saturated carbocycles. The fraction of sp³-hybridized carbons (Fsp3) is 0.231. The van der Waals surface area contributed by atoms with Crippen molar-refractivity contribution in [1.82, 2.24) is 5.32 Å². The molecule has 0 heterocycles. The molecule has 1 aromatic rings. The van der Waals surface area contributed by atoms with Crippen molar-refractivity contribution >= 4 is 11.9 Å². The van der Waals surface area contributed by atoms with Crippen molar-refractivity contribution in [2.75, 3.05) is 20.8 Å². The van der Waals surface area contributed by atoms with Crippen LogP contribution in [-0.2, 0) is 4.74 Å². The van der Waals surface area contributed by atoms with Crippen LogP contribution in [0.4, 0.5) is 0 Å². The van der Waals surface area contributed by atoms with Crippen LogP contribution in [0.1, 0.15) is 10.4 Å². The molecular weight excluding hydrogens is 232 g/mol. The number of carbonyl (C=O) groups is 1. The molecule has 0 aliphatic rings. The van der Waals surface area contributed by atoms with Crippen molar-refractivity contribution in [2.24, 2.45) is 4.99 Å². The van der Waals surface area contributed by atoms with E-state index in [9.17, 15) is 4.79 Å². The maximum absolute atomic E-state index is 11.9. The Hall–Kier alpha value is -2.30. The molecule has 0 saturated heterocycles. The van der Waals surface area contributed by atoms with Crippen LogP contribution in [0.2, 0.25) is 0 Å². The summed E-state index contributed by atoms with van der Waals surface area (Å²) in [6.07, 6.45) is 1.61. The Morgan fingerprint density at radius 3 is 2.89 bits per heavy atom. The van der Waals surface area contributed by atoms with E-state index in [0.29, 0.717) is 17.9 Å². The number of nitrogens with zero attached hydrogens (tertiary/aromatic N) is 1. The van der Waals surface area contributed by atoms with E-state index in [1.807, 2.05) is 0 Å². The molecular formula is C13H16N2O3. The summed E-state index contributed by atoms with van der Waals surface area (Å²) in [7, 11) is 2.98. The lowest BCUT2D eigenvalue weighted by Crippen LogP contribution is -2.31. The zero-order chi connectivity index (χ0) is 13.4. The van der Waals surface area contributed by atoms with Crippen LogP contribution in [0.25, 0.3) is 0 Å². The Labute approximate surface area is 106 Å². The molecule has 1 amide bonds. The number of benzene rings is 1. The summed E-state index contributed by atoms with van der Waals surface area (Å²) in [4.78, 5) is 15.9. The predicted molar refractivity (Wildman–Crippen MR) is 70.0 cm³/mol. The summed E-state index contributed by atoms with van der Waals surface area (Å²) in [5.74, 6) is 0.309. The number of carbonyl (C=O) groups excluding carboxylic acids is 1. The first kappa shape index (κ1) is 13.8. The number of rotatable bonds is 4. The fourth-order valence-corrected chi connectivity index (χ4v) is 1.24. The molecule has 0 aromatic heterocycles. The van der Waals surface area contributed by atoms with Crippen molar-refractivity contribution in [2.45, 2.75) is 0 Å². The third-order valence-electron chi connectivity index (χ3n) is 2.11. The lowest BCUT2D eigenvalue weighted by Gasteiger charge is -2.07. The quantitative estimate of drug-likeness (QED) is 0.500. The maximum Gasteiger partial charge on any atom is 0.291 e. The van der Waals surface area contributed by atoms with E-state index >= 15 is 0 Å². The summed E-state index contributed by atoms with van der Waals surface area (Å²) in [6.45, 7) is 3.91. The first-order chi connectivity index (χ1) is 8.71. The van der Waals surface area contributed by atoms with Crippen molar-refractivity contribution < 1.29 is 14.3 Å². The van der Waals surface area contributed by atoms with Gasteiger partial charge in [-0.3, -0.25) is 10.1 Å². The molecule has 0 atom stereocenters. The largest absolute Gasteiger partial charge is 0.497 e. The Balaban J connectivity index is 2.77. The SMILES string of the molecule is C=CCN=C(NC(=O)c1cccc(OC)c1)OC. The highest BCUT2D eigenvalue weighted by Gasteiger charge is 2.09. The molecule has 0 aliphatic heterocycles. The lowest BCUT2D eigenvalue weighted by atomic mass is 10.2. The van der Waals surface area contributed by atoms with Crippen LogP contribution in [0.5, 0.6) is 5.75 Å². The van der Waals surface area contributed by atoms with Crippen LogP contribution in [0.15, 0.2) is 41.9 Å². The van der Waals surface area contributed by atoms with Gasteiger partial charge in [0.2, 0.25) is 0 Å². The van der Waals surface area contributed by atoms with Crippen LogP contribution in [0.3, 0.4) is 0 Å². The fourth-order valence-electron chi connectivity index (χ4n) is 1.24. The topological polar surface area (TPSA) is 59.9 Å². The van der Waals surface area contributed by atoms with Crippen molar-refractivity contribution in [3.05, 3.63) is 42.5 Å². The zero-order valence-corrected chi connectivity index (χ0v) is 10.5. The molecule has 5 heteroatoms. The number of ether oxygens (including phenoxy) is 2. The Morgan fingerprint density at radius 1 is 1.50 bits per heavy atom. The number of hydrogen-bond donors (Lipinski definition) is 1. The average Bonchev–Trinajstić information content (AvgIpc) is 2.43. The number of aliphatic imine (C=N–C) groups is 1. The highest BCUT2D eigenvalue weighted by atomic mass is 16.5. The maximum atomic E-state index is 11.9. The molecule has 0 aliphatic carbocycles. The van der Waals surface area contributed by atoms with Gasteiger partial charge in [-0.05, 0) is 18.2 Å². The third kappa shape index (κ3) is 3.93. The normalized spacial score (nSPS) is 10.7. The van der Waals surface area contributed by atoms with E-state index in [1.165, 1.54) is 7.11 Å². The second kappa shape index (κ2) is 7.11. The van der Waals surface area contributed by atoms with Gasteiger partial charge in [0.05, 0.1) is 20.8 Å². The van der Waals surface area contributed by atoms with E-state index < -0.39 is 0 Å². The Kier molecular flexibility index (Phi) is 5.44. The third-order valence-corrected chi connectivity index (χ3v) is 2.11. The van der Waals surface area contributed by atoms with Gasteiger partial charge in [-0.1, -0.05) is 12.1 Å². The molecule has 0 bridgehead atoms. The summed E-state index contributed by atoms with van der Waals surface area (Å²) >= 11 is 0. The number of nitrogens with one attached hydrogen (secondary N) is 1. The summed E-state index contributed by atoms with van der Waals surface area (Å²) in [6, 6.07) is 6.97. The zero-order valence-electron chi connectivity index (χ0n) is 10.5. The first-order valence-electron chi connectivity index (χ1n) is 5.36. The van der Waals surface area contributed by atoms with Gasteiger partial charge in [-0.2, -0.15) is 0 Å². The summed E-state index contributed by atoms with van der Waals surface area (Å²) in [5, 5.41) is 2.55. The average molecular weight is 248 g/mol.